The monoisotopic (exact) mass is 314 g/mol. The van der Waals surface area contributed by atoms with E-state index in [0.717, 1.165) is 29.7 Å². The molecule has 0 amide bonds. The lowest BCUT2D eigenvalue weighted by Crippen LogP contribution is -2.08. The lowest BCUT2D eigenvalue weighted by Gasteiger charge is -2.24. The van der Waals surface area contributed by atoms with Gasteiger partial charge in [-0.1, -0.05) is 43.3 Å². The molecule has 0 saturated carbocycles. The second-order valence-corrected chi connectivity index (χ2v) is 6.49. The average Bonchev–Trinajstić information content (AvgIpc) is 2.53. The van der Waals surface area contributed by atoms with Gasteiger partial charge in [-0.3, -0.25) is 0 Å². The van der Waals surface area contributed by atoms with Crippen LogP contribution in [0.3, 0.4) is 0 Å². The third kappa shape index (κ3) is 2.21. The van der Waals surface area contributed by atoms with E-state index in [1.807, 2.05) is 12.1 Å². The van der Waals surface area contributed by atoms with Crippen LogP contribution in [0.15, 0.2) is 42.5 Å². The number of hydrogen-bond acceptors (Lipinski definition) is 0. The second-order valence-electron chi connectivity index (χ2n) is 6.49. The van der Waals surface area contributed by atoms with Gasteiger partial charge in [-0.15, -0.1) is 0 Å². The van der Waals surface area contributed by atoms with Crippen LogP contribution < -0.4 is 0 Å². The van der Waals surface area contributed by atoms with Crippen molar-refractivity contribution in [2.45, 2.75) is 38.3 Å². The Balaban J connectivity index is 2.08. The van der Waals surface area contributed by atoms with Crippen molar-refractivity contribution in [3.05, 3.63) is 59.2 Å². The highest BCUT2D eigenvalue weighted by molar-refractivity contribution is 6.09. The highest BCUT2D eigenvalue weighted by atomic mass is 19.4. The number of aryl methyl sites for hydroxylation is 1. The topological polar surface area (TPSA) is 0 Å². The van der Waals surface area contributed by atoms with Gasteiger partial charge in [0.05, 0.1) is 5.56 Å². The molecule has 0 fully saturated rings. The van der Waals surface area contributed by atoms with Crippen molar-refractivity contribution < 1.29 is 13.2 Å². The largest absolute Gasteiger partial charge is 0.417 e. The fraction of sp³-hybridized carbons (Fsp3) is 0.300. The molecule has 0 aliphatic heterocycles. The van der Waals surface area contributed by atoms with Crippen LogP contribution in [-0.2, 0) is 12.6 Å². The van der Waals surface area contributed by atoms with Crippen molar-refractivity contribution in [2.24, 2.45) is 0 Å². The molecule has 0 bridgehead atoms. The van der Waals surface area contributed by atoms with E-state index in [1.54, 1.807) is 12.1 Å². The zero-order chi connectivity index (χ0) is 16.2. The van der Waals surface area contributed by atoms with Crippen molar-refractivity contribution in [1.82, 2.24) is 0 Å². The van der Waals surface area contributed by atoms with E-state index < -0.39 is 11.7 Å². The lowest BCUT2D eigenvalue weighted by molar-refractivity contribution is -0.136. The minimum Gasteiger partial charge on any atom is -0.166 e. The molecule has 0 N–H and O–H groups in total. The molecule has 1 atom stereocenters. The lowest BCUT2D eigenvalue weighted by atomic mass is 9.81. The minimum absolute atomic E-state index is 0.288. The summed E-state index contributed by atoms with van der Waals surface area (Å²) >= 11 is 0. The molecule has 3 aromatic rings. The molecule has 1 aliphatic rings. The molecule has 3 heteroatoms. The van der Waals surface area contributed by atoms with E-state index >= 15 is 0 Å². The highest BCUT2D eigenvalue weighted by Crippen LogP contribution is 2.40. The third-order valence-corrected chi connectivity index (χ3v) is 5.11. The van der Waals surface area contributed by atoms with E-state index in [0.29, 0.717) is 11.3 Å². The van der Waals surface area contributed by atoms with E-state index in [4.69, 9.17) is 0 Å². The molecule has 118 valence electrons. The Morgan fingerprint density at radius 2 is 1.57 bits per heavy atom. The number of rotatable bonds is 0. The third-order valence-electron chi connectivity index (χ3n) is 5.11. The number of fused-ring (bicyclic) bond motifs is 5. The summed E-state index contributed by atoms with van der Waals surface area (Å²) in [4.78, 5) is 0. The van der Waals surface area contributed by atoms with Crippen LogP contribution in [0.2, 0.25) is 0 Å². The maximum Gasteiger partial charge on any atom is 0.417 e. The minimum atomic E-state index is -4.32. The van der Waals surface area contributed by atoms with Crippen molar-refractivity contribution in [3.63, 3.8) is 0 Å². The van der Waals surface area contributed by atoms with Crippen molar-refractivity contribution in [2.75, 3.05) is 0 Å². The van der Waals surface area contributed by atoms with Crippen LogP contribution in [0.5, 0.6) is 0 Å². The Hall–Kier alpha value is -2.03. The summed E-state index contributed by atoms with van der Waals surface area (Å²) in [5, 5.41) is 3.02. The van der Waals surface area contributed by atoms with Crippen LogP contribution in [0, 0.1) is 0 Å². The van der Waals surface area contributed by atoms with Gasteiger partial charge in [0.25, 0.3) is 0 Å². The van der Waals surface area contributed by atoms with Crippen LogP contribution in [0.1, 0.15) is 42.4 Å². The summed E-state index contributed by atoms with van der Waals surface area (Å²) < 4.78 is 39.7. The molecule has 1 aliphatic carbocycles. The SMILES string of the molecule is CC1CCCc2c1ccc1c2ccc2c(C(F)(F)F)cccc21. The van der Waals surface area contributed by atoms with Crippen molar-refractivity contribution in [3.8, 4) is 0 Å². The van der Waals surface area contributed by atoms with E-state index in [1.165, 1.54) is 23.6 Å². The van der Waals surface area contributed by atoms with Crippen LogP contribution in [0.25, 0.3) is 21.5 Å². The Bertz CT molecular complexity index is 906. The van der Waals surface area contributed by atoms with E-state index in [-0.39, 0.29) is 5.39 Å². The molecule has 0 radical (unpaired) electrons. The summed E-state index contributed by atoms with van der Waals surface area (Å²) in [5.74, 6) is 0.528. The van der Waals surface area contributed by atoms with Gasteiger partial charge in [0.2, 0.25) is 0 Å². The molecule has 1 unspecified atom stereocenters. The Morgan fingerprint density at radius 1 is 0.870 bits per heavy atom. The first-order valence-electron chi connectivity index (χ1n) is 8.01. The Labute approximate surface area is 132 Å². The standard InChI is InChI=1S/C20H17F3/c1-12-4-2-5-14-13(12)8-9-17-15-6-3-7-19(20(21,22)23)18(15)11-10-16(14)17/h3,6-12H,2,4-5H2,1H3. The first kappa shape index (κ1) is 14.6. The molecule has 3 aromatic carbocycles. The molecule has 0 saturated heterocycles. The summed E-state index contributed by atoms with van der Waals surface area (Å²) in [7, 11) is 0. The van der Waals surface area contributed by atoms with Crippen LogP contribution >= 0.6 is 0 Å². The normalized spacial score (nSPS) is 18.3. The highest BCUT2D eigenvalue weighted by Gasteiger charge is 2.32. The first-order chi connectivity index (χ1) is 11.0. The van der Waals surface area contributed by atoms with Gasteiger partial charge in [-0.25, -0.2) is 0 Å². The number of benzene rings is 3. The number of hydrogen-bond donors (Lipinski definition) is 0. The second kappa shape index (κ2) is 4.98. The summed E-state index contributed by atoms with van der Waals surface area (Å²) in [6.45, 7) is 2.23. The van der Waals surface area contributed by atoms with E-state index in [2.05, 4.69) is 13.0 Å². The van der Waals surface area contributed by atoms with Gasteiger partial charge < -0.3 is 0 Å². The van der Waals surface area contributed by atoms with Gasteiger partial charge in [0.1, 0.15) is 0 Å². The maximum atomic E-state index is 13.2. The molecule has 0 spiro atoms. The van der Waals surface area contributed by atoms with Gasteiger partial charge in [-0.05, 0) is 63.9 Å². The van der Waals surface area contributed by atoms with Gasteiger partial charge >= 0.3 is 6.18 Å². The van der Waals surface area contributed by atoms with Gasteiger partial charge in [-0.2, -0.15) is 13.2 Å². The van der Waals surface area contributed by atoms with Crippen molar-refractivity contribution in [1.29, 1.82) is 0 Å². The van der Waals surface area contributed by atoms with Gasteiger partial charge in [0.15, 0.2) is 0 Å². The molecule has 0 heterocycles. The fourth-order valence-electron chi connectivity index (χ4n) is 3.98. The summed E-state index contributed by atoms with van der Waals surface area (Å²) in [6, 6.07) is 12.1. The zero-order valence-corrected chi connectivity index (χ0v) is 12.9. The Morgan fingerprint density at radius 3 is 2.35 bits per heavy atom. The molecule has 4 rings (SSSR count). The van der Waals surface area contributed by atoms with E-state index in [9.17, 15) is 13.2 Å². The fourth-order valence-corrected chi connectivity index (χ4v) is 3.98. The predicted octanol–water partition coefficient (Wildman–Crippen LogP) is 6.45. The summed E-state index contributed by atoms with van der Waals surface area (Å²) in [6.07, 6.45) is -0.977. The molecule has 23 heavy (non-hydrogen) atoms. The molecular weight excluding hydrogens is 297 g/mol. The van der Waals surface area contributed by atoms with Crippen molar-refractivity contribution >= 4 is 21.5 Å². The molecule has 0 nitrogen and oxygen atoms in total. The van der Waals surface area contributed by atoms with Crippen LogP contribution in [-0.4, -0.2) is 0 Å². The molecule has 0 aromatic heterocycles. The van der Waals surface area contributed by atoms with Gasteiger partial charge in [0, 0.05) is 0 Å². The maximum absolute atomic E-state index is 13.2. The molecular formula is C20H17F3. The Kier molecular flexibility index (Phi) is 3.15. The smallest absolute Gasteiger partial charge is 0.166 e. The van der Waals surface area contributed by atoms with Crippen LogP contribution in [0.4, 0.5) is 13.2 Å². The quantitative estimate of drug-likeness (QED) is 0.418. The predicted molar refractivity (Wildman–Crippen MR) is 87.8 cm³/mol. The average molecular weight is 314 g/mol. The number of alkyl halides is 3. The zero-order valence-electron chi connectivity index (χ0n) is 12.9. The number of halogens is 3. The first-order valence-corrected chi connectivity index (χ1v) is 8.01. The summed E-state index contributed by atoms with van der Waals surface area (Å²) in [5.41, 5.74) is 2.12.